The Morgan fingerprint density at radius 1 is 1.15 bits per heavy atom. The average Bonchev–Trinajstić information content (AvgIpc) is 3.02. The molecule has 0 radical (unpaired) electrons. The normalized spacial score (nSPS) is 11.9. The number of para-hydroxylation sites is 1. The standard InChI is InChI=1S/C21H34N6/c1-6-26(7-2)14-10-13-23-21(22-5)24-16-19-11-8-9-12-20(19)27-18(4)15-17(3)25-27/h8-9,11-12,15H,6-7,10,13-14,16H2,1-5H3,(H2,22,23,24). The van der Waals surface area contributed by atoms with E-state index in [-0.39, 0.29) is 0 Å². The number of rotatable bonds is 9. The van der Waals surface area contributed by atoms with Crippen molar-refractivity contribution in [3.05, 3.63) is 47.3 Å². The number of aryl methyl sites for hydroxylation is 2. The van der Waals surface area contributed by atoms with Crippen LogP contribution in [0, 0.1) is 13.8 Å². The van der Waals surface area contributed by atoms with Crippen LogP contribution in [0.4, 0.5) is 0 Å². The average molecular weight is 371 g/mol. The van der Waals surface area contributed by atoms with Crippen LogP contribution in [0.25, 0.3) is 5.69 Å². The molecule has 0 fully saturated rings. The second-order valence-corrected chi connectivity index (χ2v) is 6.70. The Morgan fingerprint density at radius 3 is 2.52 bits per heavy atom. The van der Waals surface area contributed by atoms with Crippen LogP contribution in [-0.4, -0.2) is 53.9 Å². The van der Waals surface area contributed by atoms with E-state index >= 15 is 0 Å². The van der Waals surface area contributed by atoms with Gasteiger partial charge in [0, 0.05) is 25.8 Å². The lowest BCUT2D eigenvalue weighted by Crippen LogP contribution is -2.38. The van der Waals surface area contributed by atoms with Crippen LogP contribution >= 0.6 is 0 Å². The van der Waals surface area contributed by atoms with Crippen LogP contribution in [0.15, 0.2) is 35.3 Å². The largest absolute Gasteiger partial charge is 0.356 e. The molecule has 0 spiro atoms. The summed E-state index contributed by atoms with van der Waals surface area (Å²) >= 11 is 0. The molecule has 0 aliphatic rings. The molecule has 2 rings (SSSR count). The Kier molecular flexibility index (Phi) is 8.33. The van der Waals surface area contributed by atoms with E-state index in [1.54, 1.807) is 0 Å². The van der Waals surface area contributed by atoms with Crippen molar-refractivity contribution < 1.29 is 0 Å². The third-order valence-corrected chi connectivity index (χ3v) is 4.74. The van der Waals surface area contributed by atoms with Gasteiger partial charge in [-0.15, -0.1) is 0 Å². The lowest BCUT2D eigenvalue weighted by molar-refractivity contribution is 0.300. The van der Waals surface area contributed by atoms with E-state index in [0.717, 1.165) is 55.6 Å². The monoisotopic (exact) mass is 370 g/mol. The van der Waals surface area contributed by atoms with E-state index in [1.807, 2.05) is 18.7 Å². The van der Waals surface area contributed by atoms with Crippen molar-refractivity contribution in [3.8, 4) is 5.69 Å². The van der Waals surface area contributed by atoms with Gasteiger partial charge in [-0.1, -0.05) is 32.0 Å². The number of guanidine groups is 1. The Labute approximate surface area is 163 Å². The van der Waals surface area contributed by atoms with Gasteiger partial charge in [0.15, 0.2) is 5.96 Å². The Morgan fingerprint density at radius 2 is 1.89 bits per heavy atom. The first-order chi connectivity index (χ1) is 13.1. The van der Waals surface area contributed by atoms with E-state index in [9.17, 15) is 0 Å². The van der Waals surface area contributed by atoms with Crippen molar-refractivity contribution in [1.82, 2.24) is 25.3 Å². The highest BCUT2D eigenvalue weighted by Crippen LogP contribution is 2.16. The Hall–Kier alpha value is -2.34. The predicted molar refractivity (Wildman–Crippen MR) is 114 cm³/mol. The number of nitrogens with zero attached hydrogens (tertiary/aromatic N) is 4. The third-order valence-electron chi connectivity index (χ3n) is 4.74. The summed E-state index contributed by atoms with van der Waals surface area (Å²) in [6, 6.07) is 10.5. The van der Waals surface area contributed by atoms with Crippen molar-refractivity contribution in [3.63, 3.8) is 0 Å². The second kappa shape index (κ2) is 10.7. The zero-order valence-electron chi connectivity index (χ0n) is 17.4. The highest BCUT2D eigenvalue weighted by molar-refractivity contribution is 5.79. The Balaban J connectivity index is 1.93. The van der Waals surface area contributed by atoms with E-state index < -0.39 is 0 Å². The second-order valence-electron chi connectivity index (χ2n) is 6.70. The van der Waals surface area contributed by atoms with Crippen molar-refractivity contribution in [2.75, 3.05) is 33.2 Å². The molecular weight excluding hydrogens is 336 g/mol. The number of nitrogens with one attached hydrogen (secondary N) is 2. The minimum atomic E-state index is 0.699. The van der Waals surface area contributed by atoms with Crippen molar-refractivity contribution >= 4 is 5.96 Å². The first kappa shape index (κ1) is 21.0. The lowest BCUT2D eigenvalue weighted by atomic mass is 10.1. The number of benzene rings is 1. The van der Waals surface area contributed by atoms with Crippen molar-refractivity contribution in [2.45, 2.75) is 40.7 Å². The van der Waals surface area contributed by atoms with Crippen LogP contribution in [0.3, 0.4) is 0 Å². The summed E-state index contributed by atoms with van der Waals surface area (Å²) in [6.07, 6.45) is 1.10. The number of aromatic nitrogens is 2. The van der Waals surface area contributed by atoms with Gasteiger partial charge >= 0.3 is 0 Å². The lowest BCUT2D eigenvalue weighted by Gasteiger charge is -2.18. The van der Waals surface area contributed by atoms with E-state index in [0.29, 0.717) is 6.54 Å². The number of aliphatic imine (C=N–C) groups is 1. The van der Waals surface area contributed by atoms with Gasteiger partial charge in [-0.2, -0.15) is 5.10 Å². The van der Waals surface area contributed by atoms with Gasteiger partial charge in [0.25, 0.3) is 0 Å². The molecule has 6 nitrogen and oxygen atoms in total. The molecule has 2 N–H and O–H groups in total. The van der Waals surface area contributed by atoms with Gasteiger partial charge in [0.2, 0.25) is 0 Å². The molecule has 0 bridgehead atoms. The highest BCUT2D eigenvalue weighted by atomic mass is 15.3. The summed E-state index contributed by atoms with van der Waals surface area (Å²) in [5.74, 6) is 0.831. The Bertz CT molecular complexity index is 730. The quantitative estimate of drug-likeness (QED) is 0.405. The maximum absolute atomic E-state index is 4.62. The fourth-order valence-electron chi connectivity index (χ4n) is 3.19. The molecule has 27 heavy (non-hydrogen) atoms. The predicted octanol–water partition coefficient (Wildman–Crippen LogP) is 2.89. The molecule has 0 saturated heterocycles. The van der Waals surface area contributed by atoms with Crippen LogP contribution in [0.5, 0.6) is 0 Å². The maximum atomic E-state index is 4.62. The van der Waals surface area contributed by atoms with E-state index in [1.165, 1.54) is 5.56 Å². The minimum Gasteiger partial charge on any atom is -0.356 e. The molecule has 6 heteroatoms. The third kappa shape index (κ3) is 6.10. The summed E-state index contributed by atoms with van der Waals surface area (Å²) in [7, 11) is 1.81. The van der Waals surface area contributed by atoms with Crippen molar-refractivity contribution in [1.29, 1.82) is 0 Å². The molecule has 1 heterocycles. The van der Waals surface area contributed by atoms with Crippen LogP contribution in [0.2, 0.25) is 0 Å². The van der Waals surface area contributed by atoms with Crippen LogP contribution in [-0.2, 0) is 6.54 Å². The summed E-state index contributed by atoms with van der Waals surface area (Å²) in [5.41, 5.74) is 4.46. The van der Waals surface area contributed by atoms with Crippen LogP contribution < -0.4 is 10.6 Å². The molecule has 0 unspecified atom stereocenters. The number of hydrogen-bond donors (Lipinski definition) is 2. The SMILES string of the molecule is CCN(CC)CCCNC(=NC)NCc1ccccc1-n1nc(C)cc1C. The molecule has 1 aromatic heterocycles. The van der Waals surface area contributed by atoms with Gasteiger partial charge in [0.1, 0.15) is 0 Å². The number of hydrogen-bond acceptors (Lipinski definition) is 3. The molecule has 2 aromatic rings. The first-order valence-corrected chi connectivity index (χ1v) is 9.87. The van der Waals surface area contributed by atoms with Gasteiger partial charge in [-0.25, -0.2) is 4.68 Å². The summed E-state index contributed by atoms with van der Waals surface area (Å²) in [5, 5.41) is 11.5. The molecule has 0 aliphatic carbocycles. The van der Waals surface area contributed by atoms with Gasteiger partial charge < -0.3 is 15.5 Å². The molecule has 0 atom stereocenters. The molecule has 0 saturated carbocycles. The maximum Gasteiger partial charge on any atom is 0.191 e. The minimum absolute atomic E-state index is 0.699. The molecule has 0 aliphatic heterocycles. The van der Waals surface area contributed by atoms with Gasteiger partial charge in [0.05, 0.1) is 11.4 Å². The molecule has 148 valence electrons. The first-order valence-electron chi connectivity index (χ1n) is 9.87. The fourth-order valence-corrected chi connectivity index (χ4v) is 3.19. The topological polar surface area (TPSA) is 57.5 Å². The smallest absolute Gasteiger partial charge is 0.191 e. The zero-order valence-corrected chi connectivity index (χ0v) is 17.4. The van der Waals surface area contributed by atoms with Gasteiger partial charge in [-0.05, 0) is 57.6 Å². The van der Waals surface area contributed by atoms with E-state index in [4.69, 9.17) is 0 Å². The zero-order chi connectivity index (χ0) is 19.6. The van der Waals surface area contributed by atoms with E-state index in [2.05, 4.69) is 76.7 Å². The highest BCUT2D eigenvalue weighted by Gasteiger charge is 2.09. The van der Waals surface area contributed by atoms with Gasteiger partial charge in [-0.3, -0.25) is 4.99 Å². The summed E-state index contributed by atoms with van der Waals surface area (Å²) in [6.45, 7) is 13.4. The molecule has 1 aromatic carbocycles. The van der Waals surface area contributed by atoms with Crippen LogP contribution in [0.1, 0.15) is 37.2 Å². The summed E-state index contributed by atoms with van der Waals surface area (Å²) < 4.78 is 2.01. The fraction of sp³-hybridized carbons (Fsp3) is 0.524. The molecule has 0 amide bonds. The van der Waals surface area contributed by atoms with Crippen molar-refractivity contribution in [2.24, 2.45) is 4.99 Å². The molecular formula is C21H34N6. The summed E-state index contributed by atoms with van der Waals surface area (Å²) in [4.78, 5) is 6.78.